The number of benzene rings is 3. The van der Waals surface area contributed by atoms with Gasteiger partial charge in [0.15, 0.2) is 0 Å². The van der Waals surface area contributed by atoms with Gasteiger partial charge in [-0.2, -0.15) is 0 Å². The highest BCUT2D eigenvalue weighted by Crippen LogP contribution is 2.29. The van der Waals surface area contributed by atoms with Crippen LogP contribution in [0.2, 0.25) is 0 Å². The topological polar surface area (TPSA) is 76.2 Å². The Morgan fingerprint density at radius 1 is 0.929 bits per heavy atom. The molecule has 1 heterocycles. The second-order valence-electron chi connectivity index (χ2n) is 6.20. The van der Waals surface area contributed by atoms with Gasteiger partial charge in [0.2, 0.25) is 0 Å². The van der Waals surface area contributed by atoms with E-state index < -0.39 is 0 Å². The number of fused-ring (bicyclic) bond motifs is 1. The number of para-hydroxylation sites is 3. The number of aromatic nitrogens is 2. The van der Waals surface area contributed by atoms with Crippen molar-refractivity contribution in [2.45, 2.75) is 0 Å². The molecule has 0 saturated carbocycles. The maximum absolute atomic E-state index is 12.9. The fourth-order valence-electron chi connectivity index (χ4n) is 3.01. The van der Waals surface area contributed by atoms with Crippen molar-refractivity contribution in [2.24, 2.45) is 0 Å². The number of amides is 1. The van der Waals surface area contributed by atoms with Crippen LogP contribution in [0, 0.1) is 0 Å². The van der Waals surface area contributed by atoms with E-state index in [2.05, 4.69) is 15.3 Å². The molecular weight excluding hydrogens is 354 g/mol. The fourth-order valence-corrected chi connectivity index (χ4v) is 3.01. The van der Waals surface area contributed by atoms with Crippen LogP contribution < -0.4 is 14.8 Å². The lowest BCUT2D eigenvalue weighted by Gasteiger charge is -2.11. The van der Waals surface area contributed by atoms with E-state index in [9.17, 15) is 4.79 Å². The number of imidazole rings is 1. The molecule has 0 bridgehead atoms. The largest absolute Gasteiger partial charge is 0.497 e. The second-order valence-corrected chi connectivity index (χ2v) is 6.20. The molecular formula is C22H19N3O3. The van der Waals surface area contributed by atoms with Crippen LogP contribution in [0.25, 0.3) is 22.4 Å². The molecule has 140 valence electrons. The van der Waals surface area contributed by atoms with Crippen LogP contribution in [0.15, 0.2) is 66.7 Å². The number of carbonyl (C=O) groups is 1. The first-order chi connectivity index (χ1) is 13.7. The number of hydrogen-bond acceptors (Lipinski definition) is 4. The number of rotatable bonds is 5. The standard InChI is InChI=1S/C22H19N3O3/c1-27-15-11-14(12-16(13-15)28-2)22(26)25-18-8-4-3-7-17(18)21-23-19-9-5-6-10-20(19)24-21/h3-13H,1-2H3,(H,23,24)(H,25,26). The first kappa shape index (κ1) is 17.6. The van der Waals surface area contributed by atoms with Gasteiger partial charge in [0, 0.05) is 17.2 Å². The van der Waals surface area contributed by atoms with Crippen LogP contribution in [0.3, 0.4) is 0 Å². The van der Waals surface area contributed by atoms with E-state index in [0.717, 1.165) is 16.6 Å². The van der Waals surface area contributed by atoms with E-state index >= 15 is 0 Å². The number of ether oxygens (including phenoxy) is 2. The average Bonchev–Trinajstić information content (AvgIpc) is 3.17. The zero-order chi connectivity index (χ0) is 19.5. The van der Waals surface area contributed by atoms with E-state index in [1.807, 2.05) is 48.5 Å². The van der Waals surface area contributed by atoms with Crippen LogP contribution in [0.5, 0.6) is 11.5 Å². The highest BCUT2D eigenvalue weighted by Gasteiger charge is 2.14. The summed E-state index contributed by atoms with van der Waals surface area (Å²) in [5, 5.41) is 2.96. The van der Waals surface area contributed by atoms with Crippen LogP contribution in [-0.2, 0) is 0 Å². The number of carbonyl (C=O) groups excluding carboxylic acids is 1. The normalized spacial score (nSPS) is 10.6. The van der Waals surface area contributed by atoms with Gasteiger partial charge in [-0.15, -0.1) is 0 Å². The summed E-state index contributed by atoms with van der Waals surface area (Å²) in [6, 6.07) is 20.4. The number of methoxy groups -OCH3 is 2. The lowest BCUT2D eigenvalue weighted by molar-refractivity contribution is 0.102. The Morgan fingerprint density at radius 2 is 1.61 bits per heavy atom. The van der Waals surface area contributed by atoms with Crippen molar-refractivity contribution in [3.8, 4) is 22.9 Å². The van der Waals surface area contributed by atoms with Gasteiger partial charge < -0.3 is 19.8 Å². The van der Waals surface area contributed by atoms with Crippen molar-refractivity contribution in [1.82, 2.24) is 9.97 Å². The highest BCUT2D eigenvalue weighted by molar-refractivity contribution is 6.06. The van der Waals surface area contributed by atoms with Gasteiger partial charge in [0.05, 0.1) is 30.9 Å². The molecule has 28 heavy (non-hydrogen) atoms. The van der Waals surface area contributed by atoms with Crippen LogP contribution in [-0.4, -0.2) is 30.1 Å². The third-order valence-electron chi connectivity index (χ3n) is 4.43. The van der Waals surface area contributed by atoms with Gasteiger partial charge in [-0.1, -0.05) is 24.3 Å². The summed E-state index contributed by atoms with van der Waals surface area (Å²) < 4.78 is 10.5. The number of anilines is 1. The lowest BCUT2D eigenvalue weighted by Crippen LogP contribution is -2.13. The van der Waals surface area contributed by atoms with Crippen molar-refractivity contribution in [2.75, 3.05) is 19.5 Å². The minimum absolute atomic E-state index is 0.263. The summed E-state index contributed by atoms with van der Waals surface area (Å²) in [6.07, 6.45) is 0. The van der Waals surface area contributed by atoms with E-state index in [4.69, 9.17) is 9.47 Å². The molecule has 0 aliphatic carbocycles. The molecule has 0 radical (unpaired) electrons. The van der Waals surface area contributed by atoms with Crippen LogP contribution in [0.1, 0.15) is 10.4 Å². The van der Waals surface area contributed by atoms with Gasteiger partial charge in [-0.3, -0.25) is 4.79 Å². The Morgan fingerprint density at radius 3 is 2.32 bits per heavy atom. The van der Waals surface area contributed by atoms with Crippen LogP contribution >= 0.6 is 0 Å². The van der Waals surface area contributed by atoms with Gasteiger partial charge in [-0.25, -0.2) is 4.98 Å². The third-order valence-corrected chi connectivity index (χ3v) is 4.43. The molecule has 0 atom stereocenters. The summed E-state index contributed by atoms with van der Waals surface area (Å²) >= 11 is 0. The third kappa shape index (κ3) is 3.40. The number of aromatic amines is 1. The summed E-state index contributed by atoms with van der Waals surface area (Å²) in [4.78, 5) is 20.8. The highest BCUT2D eigenvalue weighted by atomic mass is 16.5. The number of hydrogen-bond donors (Lipinski definition) is 2. The molecule has 0 unspecified atom stereocenters. The maximum atomic E-state index is 12.9. The van der Waals surface area contributed by atoms with E-state index in [1.54, 1.807) is 32.4 Å². The molecule has 2 N–H and O–H groups in total. The van der Waals surface area contributed by atoms with Crippen molar-refractivity contribution in [3.63, 3.8) is 0 Å². The SMILES string of the molecule is COc1cc(OC)cc(C(=O)Nc2ccccc2-c2nc3ccccc3[nH]2)c1. The number of nitrogens with zero attached hydrogens (tertiary/aromatic N) is 1. The minimum atomic E-state index is -0.263. The van der Waals surface area contributed by atoms with Crippen molar-refractivity contribution < 1.29 is 14.3 Å². The zero-order valence-corrected chi connectivity index (χ0v) is 15.5. The van der Waals surface area contributed by atoms with Gasteiger partial charge in [0.1, 0.15) is 17.3 Å². The van der Waals surface area contributed by atoms with Gasteiger partial charge in [-0.05, 0) is 36.4 Å². The van der Waals surface area contributed by atoms with Gasteiger partial charge >= 0.3 is 0 Å². The Bertz CT molecular complexity index is 1100. The Hall–Kier alpha value is -3.80. The van der Waals surface area contributed by atoms with Gasteiger partial charge in [0.25, 0.3) is 5.91 Å². The predicted molar refractivity (Wildman–Crippen MR) is 109 cm³/mol. The summed E-state index contributed by atoms with van der Waals surface area (Å²) in [5.74, 6) is 1.53. The average molecular weight is 373 g/mol. The molecule has 0 spiro atoms. The van der Waals surface area contributed by atoms with E-state index in [1.165, 1.54) is 0 Å². The quantitative estimate of drug-likeness (QED) is 0.540. The molecule has 4 aromatic rings. The van der Waals surface area contributed by atoms with Crippen molar-refractivity contribution in [3.05, 3.63) is 72.3 Å². The molecule has 0 aliphatic heterocycles. The molecule has 4 rings (SSSR count). The van der Waals surface area contributed by atoms with Crippen LogP contribution in [0.4, 0.5) is 5.69 Å². The summed E-state index contributed by atoms with van der Waals surface area (Å²) in [6.45, 7) is 0. The summed E-state index contributed by atoms with van der Waals surface area (Å²) in [5.41, 5.74) is 3.72. The molecule has 6 heteroatoms. The van der Waals surface area contributed by atoms with Crippen molar-refractivity contribution in [1.29, 1.82) is 0 Å². The monoisotopic (exact) mass is 373 g/mol. The Kier molecular flexibility index (Phi) is 4.68. The molecule has 3 aromatic carbocycles. The maximum Gasteiger partial charge on any atom is 0.255 e. The molecule has 1 amide bonds. The molecule has 0 fully saturated rings. The minimum Gasteiger partial charge on any atom is -0.497 e. The Balaban J connectivity index is 1.68. The smallest absolute Gasteiger partial charge is 0.255 e. The lowest BCUT2D eigenvalue weighted by atomic mass is 10.1. The number of nitrogens with one attached hydrogen (secondary N) is 2. The molecule has 0 saturated heterocycles. The molecule has 0 aliphatic rings. The first-order valence-electron chi connectivity index (χ1n) is 8.76. The molecule has 1 aromatic heterocycles. The zero-order valence-electron chi connectivity index (χ0n) is 15.5. The van der Waals surface area contributed by atoms with E-state index in [-0.39, 0.29) is 5.91 Å². The Labute approximate surface area is 162 Å². The van der Waals surface area contributed by atoms with Crippen molar-refractivity contribution >= 4 is 22.6 Å². The fraction of sp³-hybridized carbons (Fsp3) is 0.0909. The summed E-state index contributed by atoms with van der Waals surface area (Å²) in [7, 11) is 3.10. The number of H-pyrrole nitrogens is 1. The first-order valence-corrected chi connectivity index (χ1v) is 8.76. The van der Waals surface area contributed by atoms with E-state index in [0.29, 0.717) is 28.6 Å². The predicted octanol–water partition coefficient (Wildman–Crippen LogP) is 4.50. The second kappa shape index (κ2) is 7.44. The molecule has 6 nitrogen and oxygen atoms in total.